The highest BCUT2D eigenvalue weighted by Crippen LogP contribution is 2.42. The van der Waals surface area contributed by atoms with Crippen molar-refractivity contribution in [2.24, 2.45) is 5.41 Å². The first-order valence-corrected chi connectivity index (χ1v) is 11.5. The monoisotopic (exact) mass is 577 g/mol. The molecule has 1 N–H and O–H groups in total. The Morgan fingerprint density at radius 3 is 2.00 bits per heavy atom. The number of hydrogen-bond acceptors (Lipinski definition) is 2. The molecule has 0 saturated carbocycles. The van der Waals surface area contributed by atoms with Gasteiger partial charge in [0.25, 0.3) is 0 Å². The normalized spacial score (nSPS) is 14.2. The van der Waals surface area contributed by atoms with Crippen LogP contribution in [-0.4, -0.2) is 25.0 Å². The highest BCUT2D eigenvalue weighted by Gasteiger charge is 2.41. The van der Waals surface area contributed by atoms with Gasteiger partial charge >= 0.3 is 12.4 Å². The van der Waals surface area contributed by atoms with Crippen molar-refractivity contribution < 1.29 is 35.5 Å². The third kappa shape index (κ3) is 8.10. The fourth-order valence-corrected chi connectivity index (χ4v) is 3.81. The molecule has 0 aliphatic heterocycles. The number of carbonyl (C=O) groups excluding carboxylic acids is 1. The van der Waals surface area contributed by atoms with E-state index in [4.69, 9.17) is 34.8 Å². The minimum Gasteiger partial charge on any atom is -0.309 e. The van der Waals surface area contributed by atoms with Crippen LogP contribution in [0.2, 0.25) is 15.1 Å². The van der Waals surface area contributed by atoms with E-state index in [1.165, 1.54) is 0 Å². The number of nitrogens with one attached hydrogen (secondary N) is 1. The van der Waals surface area contributed by atoms with Crippen molar-refractivity contribution in [3.8, 4) is 0 Å². The van der Waals surface area contributed by atoms with Crippen molar-refractivity contribution >= 4 is 46.4 Å². The lowest BCUT2D eigenvalue weighted by Crippen LogP contribution is -2.32. The van der Waals surface area contributed by atoms with Crippen molar-refractivity contribution in [2.45, 2.75) is 39.0 Å². The lowest BCUT2D eigenvalue weighted by atomic mass is 9.94. The minimum atomic E-state index is -5.06. The molecule has 0 amide bonds. The molecule has 0 heterocycles. The van der Waals surface area contributed by atoms with Gasteiger partial charge in [0, 0.05) is 17.7 Å². The predicted molar refractivity (Wildman–Crippen MR) is 127 cm³/mol. The predicted octanol–water partition coefficient (Wildman–Crippen LogP) is 9.14. The lowest BCUT2D eigenvalue weighted by molar-refractivity contribution is -0.140. The fourth-order valence-electron chi connectivity index (χ4n) is 3.19. The molecule has 0 radical (unpaired) electrons. The fraction of sp³-hybridized carbons (Fsp3) is 0.375. The molecule has 1 unspecified atom stereocenters. The van der Waals surface area contributed by atoms with Gasteiger partial charge in [-0.25, -0.2) is 4.39 Å². The van der Waals surface area contributed by atoms with Gasteiger partial charge in [-0.05, 0) is 35.3 Å². The summed E-state index contributed by atoms with van der Waals surface area (Å²) in [5.74, 6) is -5.09. The molecule has 2 aromatic rings. The second-order valence-corrected chi connectivity index (χ2v) is 10.4. The van der Waals surface area contributed by atoms with Crippen LogP contribution >= 0.6 is 34.8 Å². The van der Waals surface area contributed by atoms with Crippen molar-refractivity contribution in [1.82, 2.24) is 5.32 Å². The van der Waals surface area contributed by atoms with Crippen LogP contribution in [-0.2, 0) is 6.18 Å². The van der Waals surface area contributed by atoms with Crippen LogP contribution in [0.3, 0.4) is 0 Å². The quantitative estimate of drug-likeness (QED) is 0.202. The maximum atomic E-state index is 14.9. The molecule has 2 aromatic carbocycles. The maximum absolute atomic E-state index is 14.9. The molecule has 1 atom stereocenters. The summed E-state index contributed by atoms with van der Waals surface area (Å²) in [4.78, 5) is 12.4. The number of alkyl halides is 6. The van der Waals surface area contributed by atoms with Gasteiger partial charge in [-0.1, -0.05) is 67.7 Å². The number of Topliss-reactive ketones (excluding diaryl/α,β-unsaturated/α-hetero) is 1. The Morgan fingerprint density at radius 1 is 0.972 bits per heavy atom. The third-order valence-corrected chi connectivity index (χ3v) is 6.07. The summed E-state index contributed by atoms with van der Waals surface area (Å²) >= 11 is 17.3. The van der Waals surface area contributed by atoms with E-state index >= 15 is 0 Å². The van der Waals surface area contributed by atoms with Crippen LogP contribution in [0.4, 0.5) is 30.7 Å². The Balaban J connectivity index is 2.50. The first kappa shape index (κ1) is 30.4. The van der Waals surface area contributed by atoms with Gasteiger partial charge in [0.15, 0.2) is 5.78 Å². The lowest BCUT2D eigenvalue weighted by Gasteiger charge is -2.20. The number of carbonyl (C=O) groups is 1. The summed E-state index contributed by atoms with van der Waals surface area (Å²) in [5, 5.41) is 1.92. The number of hydrogen-bond donors (Lipinski definition) is 1. The Hall–Kier alpha value is -1.81. The van der Waals surface area contributed by atoms with E-state index in [1.54, 1.807) is 0 Å². The highest BCUT2D eigenvalue weighted by molar-refractivity contribution is 6.48. The molecule has 36 heavy (non-hydrogen) atoms. The molecule has 0 bridgehead atoms. The van der Waals surface area contributed by atoms with E-state index in [9.17, 15) is 35.5 Å². The Morgan fingerprint density at radius 2 is 1.53 bits per heavy atom. The number of rotatable bonds is 7. The second-order valence-electron chi connectivity index (χ2n) is 9.18. The second kappa shape index (κ2) is 11.3. The van der Waals surface area contributed by atoms with Crippen LogP contribution in [0.5, 0.6) is 0 Å². The van der Waals surface area contributed by atoms with Crippen molar-refractivity contribution in [2.75, 3.05) is 13.1 Å². The summed E-state index contributed by atoms with van der Waals surface area (Å²) in [7, 11) is 0. The maximum Gasteiger partial charge on any atom is 0.417 e. The number of benzene rings is 2. The summed E-state index contributed by atoms with van der Waals surface area (Å²) in [5.41, 5.74) is -3.79. The molecule has 2 rings (SSSR count). The average Bonchev–Trinajstić information content (AvgIpc) is 2.72. The van der Waals surface area contributed by atoms with Crippen molar-refractivity contribution in [3.05, 3.63) is 73.7 Å². The van der Waals surface area contributed by atoms with E-state index in [0.717, 1.165) is 24.3 Å². The van der Waals surface area contributed by atoms with Gasteiger partial charge in [0.05, 0.1) is 27.2 Å². The third-order valence-electron chi connectivity index (χ3n) is 4.87. The van der Waals surface area contributed by atoms with Crippen molar-refractivity contribution in [1.29, 1.82) is 0 Å². The highest BCUT2D eigenvalue weighted by atomic mass is 35.5. The molecular weight excluding hydrogens is 558 g/mol. The van der Waals surface area contributed by atoms with Crippen LogP contribution in [0.1, 0.15) is 53.7 Å². The Labute approximate surface area is 218 Å². The Bertz CT molecular complexity index is 1130. The zero-order valence-electron chi connectivity index (χ0n) is 19.1. The first-order valence-electron chi connectivity index (χ1n) is 10.4. The molecule has 0 aliphatic carbocycles. The van der Waals surface area contributed by atoms with Gasteiger partial charge in [-0.3, -0.25) is 4.79 Å². The summed E-state index contributed by atoms with van der Waals surface area (Å²) < 4.78 is 97.1. The van der Waals surface area contributed by atoms with E-state index in [1.807, 2.05) is 20.8 Å². The van der Waals surface area contributed by atoms with E-state index in [0.29, 0.717) is 12.6 Å². The summed E-state index contributed by atoms with van der Waals surface area (Å²) in [6, 6.07) is 3.53. The summed E-state index contributed by atoms with van der Waals surface area (Å²) in [6.07, 6.45) is -10.00. The SMILES string of the molecule is CC(C)(C)CNCC(=O)c1ccc(/C(F)=C/C(c2cc(Cl)c(Cl)c(Cl)c2)C(F)(F)F)cc1C(F)(F)F. The van der Waals surface area contributed by atoms with E-state index in [-0.39, 0.29) is 26.6 Å². The van der Waals surface area contributed by atoms with Gasteiger partial charge in [-0.15, -0.1) is 0 Å². The molecule has 12 heteroatoms. The van der Waals surface area contributed by atoms with Gasteiger partial charge in [0.2, 0.25) is 0 Å². The van der Waals surface area contributed by atoms with Crippen LogP contribution in [0.15, 0.2) is 36.4 Å². The van der Waals surface area contributed by atoms with E-state index in [2.05, 4.69) is 5.32 Å². The largest absolute Gasteiger partial charge is 0.417 e. The Kier molecular flexibility index (Phi) is 9.54. The molecule has 0 aliphatic rings. The average molecular weight is 579 g/mol. The molecule has 0 aromatic heterocycles. The first-order chi connectivity index (χ1) is 16.3. The minimum absolute atomic E-state index is 0.109. The molecule has 0 spiro atoms. The van der Waals surface area contributed by atoms with Gasteiger partial charge in [-0.2, -0.15) is 26.3 Å². The standard InChI is InChI=1S/C24H21Cl3F7NO/c1-22(2,3)11-35-10-20(36)14-5-4-12(6-16(14)24(32,33)34)19(28)9-15(23(29,30)31)13-7-17(25)21(27)18(26)8-13/h4-9,15,35H,10-11H2,1-3H3/b19-9-. The molecular formula is C24H21Cl3F7NO. The molecule has 0 fully saturated rings. The smallest absolute Gasteiger partial charge is 0.309 e. The number of halogens is 10. The van der Waals surface area contributed by atoms with E-state index < -0.39 is 58.7 Å². The molecule has 0 saturated heterocycles. The molecule has 198 valence electrons. The van der Waals surface area contributed by atoms with Crippen LogP contribution in [0, 0.1) is 5.41 Å². The molecule has 2 nitrogen and oxygen atoms in total. The van der Waals surface area contributed by atoms with Crippen LogP contribution < -0.4 is 5.32 Å². The van der Waals surface area contributed by atoms with Crippen LogP contribution in [0.25, 0.3) is 5.83 Å². The van der Waals surface area contributed by atoms with Crippen molar-refractivity contribution in [3.63, 3.8) is 0 Å². The van der Waals surface area contributed by atoms with Gasteiger partial charge < -0.3 is 5.32 Å². The zero-order valence-corrected chi connectivity index (χ0v) is 21.4. The zero-order chi connectivity index (χ0) is 27.6. The van der Waals surface area contributed by atoms with Gasteiger partial charge in [0.1, 0.15) is 11.7 Å². The summed E-state index contributed by atoms with van der Waals surface area (Å²) in [6.45, 7) is 5.50. The number of allylic oxidation sites excluding steroid dienone is 1. The topological polar surface area (TPSA) is 29.1 Å². The number of ketones is 1.